The number of hydroxylamine groups is 1. The highest BCUT2D eigenvalue weighted by molar-refractivity contribution is 7.98. The molecule has 7 N–H and O–H groups in total. The summed E-state index contributed by atoms with van der Waals surface area (Å²) >= 11 is 1.76. The molecule has 2 amide bonds. The quantitative estimate of drug-likeness (QED) is 0.0581. The molecule has 0 rings (SSSR count). The van der Waals surface area contributed by atoms with Crippen molar-refractivity contribution in [3.63, 3.8) is 0 Å². The molecule has 0 aliphatic carbocycles. The number of carbonyl (C=O) groups is 1. The first-order chi connectivity index (χ1) is 17.2. The molecule has 3 atom stereocenters. The summed E-state index contributed by atoms with van der Waals surface area (Å²) in [5.74, 6) is 1.83. The molecule has 15 heteroatoms. The largest absolute Gasteiger partial charge is 0.383 e. The zero-order valence-electron chi connectivity index (χ0n) is 23.1. The number of carbonyl (C=O) groups excluding carboxylic acids is 1. The van der Waals surface area contributed by atoms with Gasteiger partial charge in [-0.1, -0.05) is 0 Å². The number of nitrogens with one attached hydrogen (secondary N) is 6. The third kappa shape index (κ3) is 26.1. The maximum atomic E-state index is 11.0. The average Bonchev–Trinajstić information content (AvgIpc) is 2.86. The van der Waals surface area contributed by atoms with Crippen LogP contribution in [-0.2, 0) is 14.2 Å². The molecule has 0 aromatic rings. The van der Waals surface area contributed by atoms with E-state index >= 15 is 0 Å². The number of guanidine groups is 2. The van der Waals surface area contributed by atoms with Crippen LogP contribution in [0.5, 0.6) is 0 Å². The maximum Gasteiger partial charge on any atom is 0.314 e. The smallest absolute Gasteiger partial charge is 0.314 e. The average molecular weight is 538 g/mol. The van der Waals surface area contributed by atoms with Crippen LogP contribution in [0.2, 0.25) is 0 Å². The van der Waals surface area contributed by atoms with Crippen LogP contribution in [0.1, 0.15) is 20.3 Å². The first kappa shape index (κ1) is 38.0. The van der Waals surface area contributed by atoms with Crippen molar-refractivity contribution in [1.29, 1.82) is 5.26 Å². The highest BCUT2D eigenvalue weighted by Gasteiger charge is 2.10. The van der Waals surface area contributed by atoms with Gasteiger partial charge < -0.3 is 35.5 Å². The Bertz CT molecular complexity index is 621. The fourth-order valence-corrected chi connectivity index (χ4v) is 2.84. The summed E-state index contributed by atoms with van der Waals surface area (Å²) < 4.78 is 14.8. The van der Waals surface area contributed by atoms with Crippen molar-refractivity contribution < 1.29 is 24.2 Å². The topological polar surface area (TPSA) is 186 Å². The van der Waals surface area contributed by atoms with Crippen molar-refractivity contribution in [2.24, 2.45) is 9.98 Å². The second-order valence-electron chi connectivity index (χ2n) is 7.15. The summed E-state index contributed by atoms with van der Waals surface area (Å²) in [6.45, 7) is 5.57. The number of urea groups is 1. The van der Waals surface area contributed by atoms with Crippen LogP contribution in [0, 0.1) is 11.5 Å². The van der Waals surface area contributed by atoms with E-state index in [-0.39, 0.29) is 24.2 Å². The van der Waals surface area contributed by atoms with Gasteiger partial charge in [0.15, 0.2) is 6.19 Å². The first-order valence-electron chi connectivity index (χ1n) is 11.2. The number of amides is 2. The summed E-state index contributed by atoms with van der Waals surface area (Å²) in [7, 11) is 9.66. The van der Waals surface area contributed by atoms with E-state index in [0.717, 1.165) is 12.2 Å². The number of aliphatic imine (C=N–C) groups is 2. The minimum Gasteiger partial charge on any atom is -0.383 e. The Morgan fingerprint density at radius 1 is 0.972 bits per heavy atom. The van der Waals surface area contributed by atoms with Gasteiger partial charge in [0.2, 0.25) is 11.9 Å². The SMILES string of the molecule is CN=C(NC#N)NC(C)COC.CN=C(NO)NC(C)COC.CNC(=O)NC(CCSC)COC. The Morgan fingerprint density at radius 3 is 1.83 bits per heavy atom. The van der Waals surface area contributed by atoms with E-state index < -0.39 is 0 Å². The molecule has 0 fully saturated rings. The van der Waals surface area contributed by atoms with Gasteiger partial charge in [-0.2, -0.15) is 17.0 Å². The second kappa shape index (κ2) is 28.7. The van der Waals surface area contributed by atoms with Gasteiger partial charge in [-0.05, 0) is 32.3 Å². The van der Waals surface area contributed by atoms with Gasteiger partial charge in [0.05, 0.1) is 25.9 Å². The Kier molecular flexibility index (Phi) is 30.3. The number of nitrogens with zero attached hydrogens (tertiary/aromatic N) is 3. The fraction of sp³-hybridized carbons (Fsp3) is 0.810. The molecule has 0 aliphatic heterocycles. The lowest BCUT2D eigenvalue weighted by atomic mass is 10.2. The van der Waals surface area contributed by atoms with E-state index in [4.69, 9.17) is 24.7 Å². The lowest BCUT2D eigenvalue weighted by Crippen LogP contribution is -2.43. The summed E-state index contributed by atoms with van der Waals surface area (Å²) in [4.78, 5) is 18.5. The number of nitriles is 1. The van der Waals surface area contributed by atoms with Gasteiger partial charge in [-0.25, -0.2) is 10.3 Å². The summed E-state index contributed by atoms with van der Waals surface area (Å²) in [5, 5.41) is 30.3. The molecular weight excluding hydrogens is 490 g/mol. The molecule has 0 heterocycles. The second-order valence-corrected chi connectivity index (χ2v) is 8.14. The monoisotopic (exact) mass is 537 g/mol. The Hall–Kier alpha value is -2.51. The lowest BCUT2D eigenvalue weighted by Gasteiger charge is -2.16. The number of hydrogen-bond donors (Lipinski definition) is 7. The minimum absolute atomic E-state index is 0.109. The van der Waals surface area contributed by atoms with Gasteiger partial charge in [-0.15, -0.1) is 0 Å². The molecule has 3 unspecified atom stereocenters. The molecule has 212 valence electrons. The summed E-state index contributed by atoms with van der Waals surface area (Å²) in [6, 6.07) is 0.216. The molecule has 0 spiro atoms. The number of methoxy groups -OCH3 is 3. The van der Waals surface area contributed by atoms with E-state index in [9.17, 15) is 4.79 Å². The van der Waals surface area contributed by atoms with Gasteiger partial charge in [0.25, 0.3) is 0 Å². The van der Waals surface area contributed by atoms with E-state index in [1.807, 2.05) is 25.6 Å². The number of hydrogen-bond acceptors (Lipinski definition) is 9. The van der Waals surface area contributed by atoms with Gasteiger partial charge in [0.1, 0.15) is 0 Å². The van der Waals surface area contributed by atoms with E-state index in [1.54, 1.807) is 60.4 Å². The zero-order valence-corrected chi connectivity index (χ0v) is 23.9. The third-order valence-electron chi connectivity index (χ3n) is 3.93. The standard InChI is InChI=1S/C8H18N2O2S.C7H14N4O.C6H15N3O2/c1-9-8(11)10-7(6-12-2)4-5-13-3;1-6(4-12-3)11-7(9-2)10-5-8;1-5(4-11-3)8-6(7-2)9-10/h7H,4-6H2,1-3H3,(H2,9,10,11);6H,4H2,1-3H3,(H2,9,10,11);5,10H,4H2,1-3H3,(H2,7,8,9). The summed E-state index contributed by atoms with van der Waals surface area (Å²) in [5.41, 5.74) is 1.92. The number of thioether (sulfide) groups is 1. The highest BCUT2D eigenvalue weighted by Crippen LogP contribution is 2.00. The zero-order chi connectivity index (χ0) is 28.2. The van der Waals surface area contributed by atoms with E-state index in [2.05, 4.69) is 36.6 Å². The van der Waals surface area contributed by atoms with Crippen molar-refractivity contribution in [3.05, 3.63) is 0 Å². The summed E-state index contributed by atoms with van der Waals surface area (Å²) in [6.07, 6.45) is 4.76. The van der Waals surface area contributed by atoms with Crippen LogP contribution in [0.15, 0.2) is 9.98 Å². The van der Waals surface area contributed by atoms with Crippen molar-refractivity contribution in [2.75, 3.05) is 74.3 Å². The van der Waals surface area contributed by atoms with Crippen molar-refractivity contribution in [3.8, 4) is 6.19 Å². The predicted octanol–water partition coefficient (Wildman–Crippen LogP) is -0.0736. The van der Waals surface area contributed by atoms with Crippen LogP contribution in [-0.4, -0.2) is 116 Å². The molecule has 0 saturated heterocycles. The molecule has 0 saturated carbocycles. The van der Waals surface area contributed by atoms with E-state index in [1.165, 1.54) is 0 Å². The molecule has 0 aliphatic rings. The van der Waals surface area contributed by atoms with Crippen molar-refractivity contribution >= 4 is 29.7 Å². The molecule has 14 nitrogen and oxygen atoms in total. The Morgan fingerprint density at radius 2 is 1.47 bits per heavy atom. The van der Waals surface area contributed by atoms with Crippen molar-refractivity contribution in [1.82, 2.24) is 32.1 Å². The lowest BCUT2D eigenvalue weighted by molar-refractivity contribution is 0.164. The molecule has 0 aromatic heterocycles. The molecule has 0 radical (unpaired) electrons. The number of rotatable bonds is 12. The normalized spacial score (nSPS) is 13.2. The first-order valence-corrected chi connectivity index (χ1v) is 12.6. The van der Waals surface area contributed by atoms with Crippen LogP contribution in [0.25, 0.3) is 0 Å². The Balaban J connectivity index is -0.000000455. The van der Waals surface area contributed by atoms with E-state index in [0.29, 0.717) is 31.7 Å². The van der Waals surface area contributed by atoms with Crippen LogP contribution >= 0.6 is 11.8 Å². The van der Waals surface area contributed by atoms with Crippen LogP contribution in [0.4, 0.5) is 4.79 Å². The highest BCUT2D eigenvalue weighted by atomic mass is 32.2. The molecular formula is C21H47N9O5S. The van der Waals surface area contributed by atoms with Gasteiger partial charge in [-0.3, -0.25) is 20.5 Å². The molecule has 0 bridgehead atoms. The maximum absolute atomic E-state index is 11.0. The number of ether oxygens (including phenoxy) is 3. The molecule has 36 heavy (non-hydrogen) atoms. The fourth-order valence-electron chi connectivity index (χ4n) is 2.32. The predicted molar refractivity (Wildman–Crippen MR) is 146 cm³/mol. The van der Waals surface area contributed by atoms with Crippen LogP contribution in [0.3, 0.4) is 0 Å². The third-order valence-corrected chi connectivity index (χ3v) is 4.57. The van der Waals surface area contributed by atoms with Crippen molar-refractivity contribution in [2.45, 2.75) is 38.4 Å². The Labute approximate surface area is 220 Å². The van der Waals surface area contributed by atoms with Gasteiger partial charge in [0, 0.05) is 54.6 Å². The minimum atomic E-state index is -0.150. The van der Waals surface area contributed by atoms with Gasteiger partial charge >= 0.3 is 6.03 Å². The van der Waals surface area contributed by atoms with Crippen LogP contribution < -0.4 is 32.1 Å². The molecule has 0 aromatic carbocycles.